The molecule has 2 aromatic heterocycles. The molecule has 9 heteroatoms. The van der Waals surface area contributed by atoms with Crippen molar-refractivity contribution in [3.8, 4) is 17.0 Å². The van der Waals surface area contributed by atoms with Crippen LogP contribution in [0.15, 0.2) is 36.7 Å². The molecule has 2 aliphatic rings. The van der Waals surface area contributed by atoms with E-state index in [0.29, 0.717) is 41.6 Å². The van der Waals surface area contributed by atoms with Gasteiger partial charge >= 0.3 is 0 Å². The molecule has 0 amide bonds. The molecule has 3 aromatic rings. The molecule has 1 N–H and O–H groups in total. The minimum absolute atomic E-state index is 0.00802. The van der Waals surface area contributed by atoms with Gasteiger partial charge in [-0.2, -0.15) is 0 Å². The largest absolute Gasteiger partial charge is 0.481 e. The lowest BCUT2D eigenvalue weighted by atomic mass is 9.83. The molecule has 5 rings (SSSR count). The lowest BCUT2D eigenvalue weighted by Crippen LogP contribution is -2.49. The maximum absolute atomic E-state index is 15.3. The van der Waals surface area contributed by atoms with E-state index in [9.17, 15) is 4.39 Å². The third kappa shape index (κ3) is 5.55. The second-order valence-corrected chi connectivity index (χ2v) is 11.9. The quantitative estimate of drug-likeness (QED) is 0.398. The summed E-state index contributed by atoms with van der Waals surface area (Å²) in [6, 6.07) is 8.11. The highest BCUT2D eigenvalue weighted by Crippen LogP contribution is 2.43. The molecule has 0 aliphatic carbocycles. The van der Waals surface area contributed by atoms with Crippen LogP contribution in [0.1, 0.15) is 65.9 Å². The van der Waals surface area contributed by atoms with E-state index in [1.54, 1.807) is 6.07 Å². The van der Waals surface area contributed by atoms with Gasteiger partial charge in [0, 0.05) is 29.9 Å². The number of ether oxygens (including phenoxy) is 1. The van der Waals surface area contributed by atoms with Crippen molar-refractivity contribution >= 4 is 17.5 Å². The third-order valence-corrected chi connectivity index (χ3v) is 8.04. The van der Waals surface area contributed by atoms with Gasteiger partial charge in [0.25, 0.3) is 0 Å². The zero-order chi connectivity index (χ0) is 28.1. The van der Waals surface area contributed by atoms with Crippen molar-refractivity contribution < 1.29 is 13.5 Å². The molecule has 1 fully saturated rings. The van der Waals surface area contributed by atoms with E-state index in [-0.39, 0.29) is 23.4 Å². The molecule has 208 valence electrons. The molecule has 39 heavy (non-hydrogen) atoms. The van der Waals surface area contributed by atoms with Crippen LogP contribution in [-0.2, 0) is 0 Å². The molecule has 1 saturated heterocycles. The second kappa shape index (κ2) is 10.3. The molecule has 0 radical (unpaired) electrons. The molecule has 2 aliphatic heterocycles. The van der Waals surface area contributed by atoms with E-state index < -0.39 is 17.2 Å². The smallest absolute Gasteiger partial charge is 0.229 e. The lowest BCUT2D eigenvalue weighted by Gasteiger charge is -2.43. The minimum Gasteiger partial charge on any atom is -0.481 e. The maximum atomic E-state index is 15.3. The van der Waals surface area contributed by atoms with E-state index in [0.717, 1.165) is 19.0 Å². The van der Waals surface area contributed by atoms with Gasteiger partial charge in [0.05, 0.1) is 18.4 Å². The lowest BCUT2D eigenvalue weighted by molar-refractivity contribution is 0.0967. The number of fused-ring (bicyclic) bond motifs is 1. The summed E-state index contributed by atoms with van der Waals surface area (Å²) in [6.07, 6.45) is 5.17. The number of piperidine rings is 1. The summed E-state index contributed by atoms with van der Waals surface area (Å²) in [5.74, 6) is 0.188. The predicted molar refractivity (Wildman–Crippen MR) is 151 cm³/mol. The van der Waals surface area contributed by atoms with Crippen molar-refractivity contribution in [1.82, 2.24) is 19.9 Å². The minimum atomic E-state index is -0.637. The Bertz CT molecular complexity index is 1330. The molecule has 0 saturated carbocycles. The van der Waals surface area contributed by atoms with Crippen LogP contribution in [0.5, 0.6) is 5.75 Å². The number of halogens is 2. The molecule has 1 aromatic carbocycles. The molecule has 0 bridgehead atoms. The van der Waals surface area contributed by atoms with E-state index in [4.69, 9.17) is 4.74 Å². The number of aromatic nitrogens is 3. The Morgan fingerprint density at radius 2 is 1.74 bits per heavy atom. The van der Waals surface area contributed by atoms with Crippen molar-refractivity contribution in [3.05, 3.63) is 53.9 Å². The molecule has 7 nitrogen and oxygen atoms in total. The Kier molecular flexibility index (Phi) is 7.22. The van der Waals surface area contributed by atoms with Crippen LogP contribution in [-0.4, -0.2) is 57.2 Å². The van der Waals surface area contributed by atoms with Gasteiger partial charge in [-0.05, 0) is 91.1 Å². The fourth-order valence-electron chi connectivity index (χ4n) is 5.72. The summed E-state index contributed by atoms with van der Waals surface area (Å²) >= 11 is 0. The first-order valence-corrected chi connectivity index (χ1v) is 13.7. The number of anilines is 3. The van der Waals surface area contributed by atoms with Crippen LogP contribution < -0.4 is 15.0 Å². The van der Waals surface area contributed by atoms with Crippen molar-refractivity contribution in [1.29, 1.82) is 0 Å². The van der Waals surface area contributed by atoms with E-state index in [1.165, 1.54) is 11.6 Å². The number of hydrogen-bond donors (Lipinski definition) is 1. The number of nitrogens with one attached hydrogen (secondary N) is 1. The number of likely N-dealkylation sites (tertiary alicyclic amines) is 1. The van der Waals surface area contributed by atoms with E-state index in [1.807, 2.05) is 40.0 Å². The predicted octanol–water partition coefficient (Wildman–Crippen LogP) is 6.53. The van der Waals surface area contributed by atoms with Crippen molar-refractivity contribution in [2.24, 2.45) is 0 Å². The Hall–Kier alpha value is -3.33. The normalized spacial score (nSPS) is 22.9. The molecule has 0 spiro atoms. The van der Waals surface area contributed by atoms with Gasteiger partial charge in [0.15, 0.2) is 17.4 Å². The monoisotopic (exact) mass is 536 g/mol. The number of nitrogens with zero attached hydrogens (tertiary/aromatic N) is 5. The zero-order valence-electron chi connectivity index (χ0n) is 23.8. The molecule has 2 atom stereocenters. The van der Waals surface area contributed by atoms with Crippen LogP contribution in [0.3, 0.4) is 0 Å². The summed E-state index contributed by atoms with van der Waals surface area (Å²) in [6.45, 7) is 13.0. The van der Waals surface area contributed by atoms with Gasteiger partial charge in [-0.3, -0.25) is 0 Å². The van der Waals surface area contributed by atoms with Crippen LogP contribution in [0.25, 0.3) is 11.3 Å². The van der Waals surface area contributed by atoms with E-state index >= 15 is 4.39 Å². The fourth-order valence-corrected chi connectivity index (χ4v) is 5.72. The van der Waals surface area contributed by atoms with E-state index in [2.05, 4.69) is 57.0 Å². The summed E-state index contributed by atoms with van der Waals surface area (Å²) < 4.78 is 36.2. The van der Waals surface area contributed by atoms with Crippen LogP contribution in [0, 0.1) is 11.6 Å². The SMILES string of the molecule is CC(C)N1CC(C)(C)Oc2c(F)cc(-c3nc(Nc4ccc(C5CC(C)N(C)C(C)C5)cn4)ncc3F)cc21. The zero-order valence-corrected chi connectivity index (χ0v) is 23.8. The average molecular weight is 537 g/mol. The Morgan fingerprint density at radius 3 is 2.38 bits per heavy atom. The highest BCUT2D eigenvalue weighted by atomic mass is 19.1. The molecular weight excluding hydrogens is 498 g/mol. The number of benzene rings is 1. The molecule has 2 unspecified atom stereocenters. The Morgan fingerprint density at radius 1 is 1.03 bits per heavy atom. The topological polar surface area (TPSA) is 66.4 Å². The van der Waals surface area contributed by atoms with Crippen LogP contribution >= 0.6 is 0 Å². The highest BCUT2D eigenvalue weighted by molar-refractivity contribution is 5.73. The van der Waals surface area contributed by atoms with Crippen LogP contribution in [0.4, 0.5) is 26.2 Å². The highest BCUT2D eigenvalue weighted by Gasteiger charge is 2.35. The first-order chi connectivity index (χ1) is 18.4. The average Bonchev–Trinajstić information content (AvgIpc) is 2.88. The summed E-state index contributed by atoms with van der Waals surface area (Å²) in [7, 11) is 2.18. The van der Waals surface area contributed by atoms with Crippen LogP contribution in [0.2, 0.25) is 0 Å². The number of hydrogen-bond acceptors (Lipinski definition) is 7. The standard InChI is InChI=1S/C30H38F2N6O/c1-17(2)38-16-30(5,6)39-28-23(31)12-22(13-25(28)38)27-24(32)15-34-29(36-27)35-26-9-8-20(14-33-26)21-10-18(3)37(7)19(4)11-21/h8-9,12-15,17-19,21H,10-11,16H2,1-7H3,(H,33,34,35,36). The fraction of sp³-hybridized carbons (Fsp3) is 0.500. The van der Waals surface area contributed by atoms with Gasteiger partial charge in [0.1, 0.15) is 17.1 Å². The van der Waals surface area contributed by atoms with Gasteiger partial charge in [0.2, 0.25) is 5.95 Å². The number of rotatable bonds is 5. The second-order valence-electron chi connectivity index (χ2n) is 11.9. The summed E-state index contributed by atoms with van der Waals surface area (Å²) in [5.41, 5.74) is 1.56. The first-order valence-electron chi connectivity index (χ1n) is 13.7. The van der Waals surface area contributed by atoms with Crippen molar-refractivity contribution in [3.63, 3.8) is 0 Å². The van der Waals surface area contributed by atoms with Gasteiger partial charge < -0.3 is 19.9 Å². The number of pyridine rings is 1. The Balaban J connectivity index is 1.40. The molecule has 4 heterocycles. The third-order valence-electron chi connectivity index (χ3n) is 8.04. The summed E-state index contributed by atoms with van der Waals surface area (Å²) in [5, 5.41) is 3.07. The summed E-state index contributed by atoms with van der Waals surface area (Å²) in [4.78, 5) is 17.6. The van der Waals surface area contributed by atoms with Gasteiger partial charge in [-0.25, -0.2) is 23.7 Å². The van der Waals surface area contributed by atoms with Gasteiger partial charge in [-0.1, -0.05) is 6.07 Å². The van der Waals surface area contributed by atoms with Gasteiger partial charge in [-0.15, -0.1) is 0 Å². The maximum Gasteiger partial charge on any atom is 0.229 e. The van der Waals surface area contributed by atoms with Crippen molar-refractivity contribution in [2.75, 3.05) is 23.8 Å². The molecular formula is C30H38F2N6O. The first kappa shape index (κ1) is 27.2. The Labute approximate surface area is 229 Å². The van der Waals surface area contributed by atoms with Crippen molar-refractivity contribution in [2.45, 2.75) is 84.0 Å².